The van der Waals surface area contributed by atoms with Crippen LogP contribution in [-0.2, 0) is 0 Å². The Kier molecular flexibility index (Phi) is 7.33. The lowest BCUT2D eigenvalue weighted by Gasteiger charge is -2.16. The molecule has 0 aliphatic carbocycles. The Morgan fingerprint density at radius 1 is 0.328 bits per heavy atom. The number of fused-ring (bicyclic) bond motifs is 13. The van der Waals surface area contributed by atoms with Crippen molar-refractivity contribution in [3.05, 3.63) is 206 Å². The van der Waals surface area contributed by atoms with E-state index in [9.17, 15) is 0 Å². The summed E-state index contributed by atoms with van der Waals surface area (Å²) in [5.74, 6) is 1.78. The average Bonchev–Trinajstić information content (AvgIpc) is 3.90. The highest BCUT2D eigenvalue weighted by Gasteiger charge is 2.25. The first kappa shape index (κ1) is 35.0. The van der Waals surface area contributed by atoms with Gasteiger partial charge in [-0.2, -0.15) is 0 Å². The summed E-state index contributed by atoms with van der Waals surface area (Å²) in [6.07, 6.45) is 0. The molecule has 0 saturated carbocycles. The normalized spacial score (nSPS) is 12.1. The van der Waals surface area contributed by atoms with Crippen molar-refractivity contribution in [1.29, 1.82) is 0 Å². The van der Waals surface area contributed by atoms with Gasteiger partial charge in [0.1, 0.15) is 11.2 Å². The van der Waals surface area contributed by atoms with Crippen LogP contribution >= 0.6 is 0 Å². The molecule has 5 nitrogen and oxygen atoms in total. The van der Waals surface area contributed by atoms with Gasteiger partial charge in [0.05, 0.1) is 22.1 Å². The van der Waals surface area contributed by atoms with Crippen LogP contribution < -0.4 is 0 Å². The van der Waals surface area contributed by atoms with Crippen LogP contribution in [-0.4, -0.2) is 19.5 Å². The van der Waals surface area contributed by atoms with Crippen molar-refractivity contribution >= 4 is 97.6 Å². The van der Waals surface area contributed by atoms with Crippen LogP contribution in [0.2, 0.25) is 0 Å². The first-order chi connectivity index (χ1) is 31.7. The number of nitrogens with zero attached hydrogens (tertiary/aromatic N) is 4. The Balaban J connectivity index is 1.11. The van der Waals surface area contributed by atoms with Crippen LogP contribution in [0.4, 0.5) is 0 Å². The van der Waals surface area contributed by atoms with E-state index in [1.807, 2.05) is 0 Å². The molecule has 14 rings (SSSR count). The fourth-order valence-corrected chi connectivity index (χ4v) is 10.1. The van der Waals surface area contributed by atoms with Gasteiger partial charge in [-0.3, -0.25) is 0 Å². The Bertz CT molecular complexity index is 4270. The molecule has 0 spiro atoms. The zero-order valence-corrected chi connectivity index (χ0v) is 34.3. The van der Waals surface area contributed by atoms with Gasteiger partial charge in [0.2, 0.25) is 0 Å². The number of rotatable bonds is 4. The SMILES string of the molecule is c1ccc2cc(-c3nc(-c4ccc5c(ccc6ccccc65)c4)nc(-c4ccc5oc6c7ccccc7ccc6c5c4-n4c5ccccc5c5cc6ccccc6cc54)n3)ccc2c1. The van der Waals surface area contributed by atoms with E-state index in [-0.39, 0.29) is 0 Å². The van der Waals surface area contributed by atoms with Gasteiger partial charge in [0, 0.05) is 38.2 Å². The smallest absolute Gasteiger partial charge is 0.166 e. The molecule has 0 saturated heterocycles. The summed E-state index contributed by atoms with van der Waals surface area (Å²) < 4.78 is 9.34. The van der Waals surface area contributed by atoms with Gasteiger partial charge in [0.15, 0.2) is 17.5 Å². The number of furan rings is 1. The summed E-state index contributed by atoms with van der Waals surface area (Å²) >= 11 is 0. The molecule has 0 unspecified atom stereocenters. The van der Waals surface area contributed by atoms with Gasteiger partial charge < -0.3 is 8.98 Å². The maximum atomic E-state index is 6.92. The first-order valence-electron chi connectivity index (χ1n) is 21.7. The summed E-state index contributed by atoms with van der Waals surface area (Å²) in [5, 5.41) is 16.0. The highest BCUT2D eigenvalue weighted by molar-refractivity contribution is 6.21. The maximum absolute atomic E-state index is 6.92. The van der Waals surface area contributed by atoms with Gasteiger partial charge in [-0.15, -0.1) is 0 Å². The van der Waals surface area contributed by atoms with E-state index in [0.717, 1.165) is 82.3 Å². The molecule has 14 aromatic rings. The molecule has 0 aliphatic rings. The molecule has 0 radical (unpaired) electrons. The second kappa shape index (κ2) is 13.4. The van der Waals surface area contributed by atoms with Gasteiger partial charge in [0.25, 0.3) is 0 Å². The second-order valence-corrected chi connectivity index (χ2v) is 16.8. The number of hydrogen-bond acceptors (Lipinski definition) is 4. The summed E-state index contributed by atoms with van der Waals surface area (Å²) in [7, 11) is 0. The second-order valence-electron chi connectivity index (χ2n) is 16.8. The molecular weight excluding hydrogens is 781 g/mol. The van der Waals surface area contributed by atoms with Crippen molar-refractivity contribution in [2.45, 2.75) is 0 Å². The number of benzene rings is 11. The van der Waals surface area contributed by atoms with Crippen molar-refractivity contribution < 1.29 is 4.42 Å². The van der Waals surface area contributed by atoms with E-state index in [1.165, 1.54) is 37.7 Å². The van der Waals surface area contributed by atoms with Gasteiger partial charge >= 0.3 is 0 Å². The molecule has 3 heterocycles. The fourth-order valence-electron chi connectivity index (χ4n) is 10.1. The van der Waals surface area contributed by atoms with Crippen LogP contribution in [0.3, 0.4) is 0 Å². The zero-order chi connectivity index (χ0) is 41.9. The highest BCUT2D eigenvalue weighted by atomic mass is 16.3. The predicted octanol–water partition coefficient (Wildman–Crippen LogP) is 15.6. The van der Waals surface area contributed by atoms with E-state index in [4.69, 9.17) is 19.4 Å². The lowest BCUT2D eigenvalue weighted by molar-refractivity contribution is 0.672. The third-order valence-electron chi connectivity index (χ3n) is 13.2. The minimum absolute atomic E-state index is 0.575. The molecule has 0 fully saturated rings. The fraction of sp³-hybridized carbons (Fsp3) is 0. The summed E-state index contributed by atoms with van der Waals surface area (Å²) in [6, 6.07) is 73.4. The van der Waals surface area contributed by atoms with E-state index in [1.54, 1.807) is 0 Å². The van der Waals surface area contributed by atoms with E-state index in [2.05, 4.69) is 211 Å². The lowest BCUT2D eigenvalue weighted by atomic mass is 10.00. The number of para-hydroxylation sites is 1. The largest absolute Gasteiger partial charge is 0.455 e. The third kappa shape index (κ3) is 5.22. The van der Waals surface area contributed by atoms with E-state index >= 15 is 0 Å². The van der Waals surface area contributed by atoms with Crippen molar-refractivity contribution in [2.75, 3.05) is 0 Å². The Morgan fingerprint density at radius 3 is 1.66 bits per heavy atom. The van der Waals surface area contributed by atoms with Gasteiger partial charge in [-0.1, -0.05) is 158 Å². The van der Waals surface area contributed by atoms with Gasteiger partial charge in [-0.25, -0.2) is 15.0 Å². The standard InChI is InChI=1S/C59H34N4O/c1-2-14-38-31-42(24-21-35(38)11-1)57-60-58(43-26-27-45-41(32-43)23-22-36-12-5-7-17-44(36)45)62-59(61-57)49-29-30-53-54(48-28-25-37-13-6-8-18-46(37)56(48)64-53)55(49)63-51-20-10-9-19-47(51)50-33-39-15-3-4-16-40(39)34-52(50)63/h1-34H. The molecule has 0 atom stereocenters. The summed E-state index contributed by atoms with van der Waals surface area (Å²) in [6.45, 7) is 0. The summed E-state index contributed by atoms with van der Waals surface area (Å²) in [4.78, 5) is 16.2. The molecule has 11 aromatic carbocycles. The van der Waals surface area contributed by atoms with Crippen LogP contribution in [0.1, 0.15) is 0 Å². The van der Waals surface area contributed by atoms with Crippen LogP contribution in [0, 0.1) is 0 Å². The molecular formula is C59H34N4O. The molecule has 0 N–H and O–H groups in total. The monoisotopic (exact) mass is 814 g/mol. The predicted molar refractivity (Wildman–Crippen MR) is 265 cm³/mol. The molecule has 0 amide bonds. The quantitative estimate of drug-likeness (QED) is 0.166. The minimum atomic E-state index is 0.575. The minimum Gasteiger partial charge on any atom is -0.455 e. The highest BCUT2D eigenvalue weighted by Crippen LogP contribution is 2.45. The number of aromatic nitrogens is 4. The third-order valence-corrected chi connectivity index (χ3v) is 13.2. The van der Waals surface area contributed by atoms with E-state index in [0.29, 0.717) is 17.5 Å². The Labute approximate surface area is 366 Å². The topological polar surface area (TPSA) is 56.7 Å². The molecule has 0 aliphatic heterocycles. The molecule has 296 valence electrons. The first-order valence-corrected chi connectivity index (χ1v) is 21.7. The zero-order valence-electron chi connectivity index (χ0n) is 34.3. The molecule has 0 bridgehead atoms. The van der Waals surface area contributed by atoms with E-state index < -0.39 is 0 Å². The van der Waals surface area contributed by atoms with Crippen molar-refractivity contribution in [3.63, 3.8) is 0 Å². The van der Waals surface area contributed by atoms with Crippen LogP contribution in [0.25, 0.3) is 137 Å². The lowest BCUT2D eigenvalue weighted by Crippen LogP contribution is -2.04. The maximum Gasteiger partial charge on any atom is 0.166 e. The Morgan fingerprint density at radius 2 is 0.859 bits per heavy atom. The van der Waals surface area contributed by atoms with Crippen molar-refractivity contribution in [3.8, 4) is 39.9 Å². The Hall–Kier alpha value is -8.67. The van der Waals surface area contributed by atoms with Crippen LogP contribution in [0.15, 0.2) is 211 Å². The van der Waals surface area contributed by atoms with Crippen LogP contribution in [0.5, 0.6) is 0 Å². The summed E-state index contributed by atoms with van der Waals surface area (Å²) in [5.41, 5.74) is 7.49. The molecule has 3 aromatic heterocycles. The molecule has 5 heteroatoms. The average molecular weight is 815 g/mol. The molecule has 64 heavy (non-hydrogen) atoms. The number of hydrogen-bond donors (Lipinski definition) is 0. The van der Waals surface area contributed by atoms with Crippen molar-refractivity contribution in [2.24, 2.45) is 0 Å². The van der Waals surface area contributed by atoms with Gasteiger partial charge in [-0.05, 0) is 97.0 Å². The van der Waals surface area contributed by atoms with Crippen molar-refractivity contribution in [1.82, 2.24) is 19.5 Å².